The molecular weight excluding hydrogens is 350 g/mol. The molecule has 1 aromatic rings. The van der Waals surface area contributed by atoms with E-state index in [4.69, 9.17) is 26.4 Å². The Morgan fingerprint density at radius 1 is 1.42 bits per heavy atom. The zero-order valence-electron chi connectivity index (χ0n) is 15.8. The van der Waals surface area contributed by atoms with Gasteiger partial charge in [0, 0.05) is 13.2 Å². The number of benzene rings is 1. The predicted octanol–water partition coefficient (Wildman–Crippen LogP) is 3.10. The monoisotopic (exact) mass is 379 g/mol. The van der Waals surface area contributed by atoms with Crippen molar-refractivity contribution >= 4 is 23.5 Å². The molecule has 0 amide bonds. The molecule has 0 unspecified atom stereocenters. The van der Waals surface area contributed by atoms with E-state index in [1.54, 1.807) is 13.3 Å². The van der Waals surface area contributed by atoms with Crippen LogP contribution in [0.1, 0.15) is 38.7 Å². The van der Waals surface area contributed by atoms with Gasteiger partial charge >= 0.3 is 0 Å². The lowest BCUT2D eigenvalue weighted by atomic mass is 10.1. The van der Waals surface area contributed by atoms with Gasteiger partial charge in [-0.15, -0.1) is 0 Å². The average molecular weight is 380 g/mol. The molecule has 0 spiro atoms. The second kappa shape index (κ2) is 11.0. The molecule has 2 N–H and O–H groups in total. The Balaban J connectivity index is 1.80. The quantitative estimate of drug-likeness (QED) is 0.391. The first kappa shape index (κ1) is 20.5. The smallest absolute Gasteiger partial charge is 0.187 e. The molecule has 0 aliphatic carbocycles. The van der Waals surface area contributed by atoms with E-state index in [9.17, 15) is 0 Å². The summed E-state index contributed by atoms with van der Waals surface area (Å²) in [7, 11) is 1.63. The minimum Gasteiger partial charge on any atom is -0.493 e. The van der Waals surface area contributed by atoms with E-state index < -0.39 is 0 Å². The van der Waals surface area contributed by atoms with Crippen molar-refractivity contribution in [2.75, 3.05) is 26.9 Å². The molecule has 1 aliphatic heterocycles. The molecule has 1 heterocycles. The van der Waals surface area contributed by atoms with E-state index >= 15 is 0 Å². The van der Waals surface area contributed by atoms with Crippen molar-refractivity contribution in [2.45, 2.75) is 39.2 Å². The van der Waals surface area contributed by atoms with Crippen LogP contribution in [0.25, 0.3) is 0 Å². The molecule has 1 atom stereocenters. The molecule has 0 radical (unpaired) electrons. The summed E-state index contributed by atoms with van der Waals surface area (Å²) in [6, 6.07) is 5.72. The zero-order chi connectivity index (χ0) is 18.8. The highest BCUT2D eigenvalue weighted by molar-refractivity contribution is 7.80. The average Bonchev–Trinajstić information content (AvgIpc) is 3.14. The summed E-state index contributed by atoms with van der Waals surface area (Å²) in [5, 5.41) is 7.76. The first-order chi connectivity index (χ1) is 12.6. The van der Waals surface area contributed by atoms with E-state index in [1.807, 2.05) is 18.2 Å². The summed E-state index contributed by atoms with van der Waals surface area (Å²) < 4.78 is 16.7. The molecule has 144 valence electrons. The predicted molar refractivity (Wildman–Crippen MR) is 108 cm³/mol. The van der Waals surface area contributed by atoms with Gasteiger partial charge in [0.05, 0.1) is 26.0 Å². The van der Waals surface area contributed by atoms with Crippen LogP contribution < -0.4 is 20.2 Å². The number of nitrogens with zero attached hydrogens (tertiary/aromatic N) is 1. The van der Waals surface area contributed by atoms with Crippen molar-refractivity contribution in [1.29, 1.82) is 0 Å². The lowest BCUT2D eigenvalue weighted by molar-refractivity contribution is 0.114. The van der Waals surface area contributed by atoms with Crippen molar-refractivity contribution in [3.05, 3.63) is 23.8 Å². The number of hydrogen-bond donors (Lipinski definition) is 2. The molecule has 1 aliphatic rings. The molecule has 1 saturated heterocycles. The van der Waals surface area contributed by atoms with E-state index in [-0.39, 0.29) is 6.10 Å². The van der Waals surface area contributed by atoms with Crippen molar-refractivity contribution in [3.63, 3.8) is 0 Å². The SMILES string of the molecule is COc1cc(/C=N\NC(=S)NC[C@@H]2CCCO2)ccc1OCCC(C)C. The molecule has 26 heavy (non-hydrogen) atoms. The summed E-state index contributed by atoms with van der Waals surface area (Å²) in [5.41, 5.74) is 3.71. The molecule has 2 rings (SSSR count). The van der Waals surface area contributed by atoms with Gasteiger partial charge < -0.3 is 19.5 Å². The second-order valence-corrected chi connectivity index (χ2v) is 7.06. The summed E-state index contributed by atoms with van der Waals surface area (Å²) >= 11 is 5.21. The van der Waals surface area contributed by atoms with Gasteiger partial charge in [-0.05, 0) is 61.2 Å². The third-order valence-corrected chi connectivity index (χ3v) is 4.27. The molecule has 1 aromatic carbocycles. The zero-order valence-corrected chi connectivity index (χ0v) is 16.6. The maximum Gasteiger partial charge on any atom is 0.187 e. The second-order valence-electron chi connectivity index (χ2n) is 6.66. The number of ether oxygens (including phenoxy) is 3. The molecular formula is C19H29N3O3S. The summed E-state index contributed by atoms with van der Waals surface area (Å²) in [5.74, 6) is 2.04. The van der Waals surface area contributed by atoms with Gasteiger partial charge in [0.2, 0.25) is 0 Å². The third kappa shape index (κ3) is 7.17. The lowest BCUT2D eigenvalue weighted by Crippen LogP contribution is -2.37. The highest BCUT2D eigenvalue weighted by Gasteiger charge is 2.15. The fraction of sp³-hybridized carbons (Fsp3) is 0.579. The fourth-order valence-corrected chi connectivity index (χ4v) is 2.64. The number of rotatable bonds is 9. The first-order valence-corrected chi connectivity index (χ1v) is 9.48. The maximum absolute atomic E-state index is 5.79. The number of hydrazone groups is 1. The van der Waals surface area contributed by atoms with Crippen molar-refractivity contribution < 1.29 is 14.2 Å². The first-order valence-electron chi connectivity index (χ1n) is 9.08. The largest absolute Gasteiger partial charge is 0.493 e. The maximum atomic E-state index is 5.79. The minimum atomic E-state index is 0.242. The topological polar surface area (TPSA) is 64.1 Å². The van der Waals surface area contributed by atoms with E-state index in [1.165, 1.54) is 0 Å². The van der Waals surface area contributed by atoms with Gasteiger partial charge in [0.15, 0.2) is 16.6 Å². The molecule has 7 heteroatoms. The van der Waals surface area contributed by atoms with Crippen LogP contribution >= 0.6 is 12.2 Å². The highest BCUT2D eigenvalue weighted by Crippen LogP contribution is 2.27. The van der Waals surface area contributed by atoms with Gasteiger partial charge in [0.1, 0.15) is 0 Å². The highest BCUT2D eigenvalue weighted by atomic mass is 32.1. The third-order valence-electron chi connectivity index (χ3n) is 4.03. The number of hydrogen-bond acceptors (Lipinski definition) is 5. The number of thiocarbonyl (C=S) groups is 1. The van der Waals surface area contributed by atoms with Crippen LogP contribution in [0, 0.1) is 5.92 Å². The van der Waals surface area contributed by atoms with Crippen LogP contribution in [0.4, 0.5) is 0 Å². The number of methoxy groups -OCH3 is 1. The Morgan fingerprint density at radius 3 is 2.96 bits per heavy atom. The standard InChI is InChI=1S/C19H29N3O3S/c1-14(2)8-10-25-17-7-6-15(11-18(17)23-3)12-21-22-19(26)20-13-16-5-4-9-24-16/h6-7,11-12,14,16H,4-5,8-10,13H2,1-3H3,(H2,20,22,26)/b21-12-/t16-/m0/s1. The van der Waals surface area contributed by atoms with Gasteiger partial charge in [-0.2, -0.15) is 5.10 Å². The van der Waals surface area contributed by atoms with Gasteiger partial charge in [-0.3, -0.25) is 5.43 Å². The molecule has 0 aromatic heterocycles. The van der Waals surface area contributed by atoms with Crippen LogP contribution in [0.3, 0.4) is 0 Å². The molecule has 0 saturated carbocycles. The van der Waals surface area contributed by atoms with Gasteiger partial charge in [-0.25, -0.2) is 0 Å². The number of nitrogens with one attached hydrogen (secondary N) is 2. The van der Waals surface area contributed by atoms with E-state index in [0.717, 1.165) is 37.2 Å². The van der Waals surface area contributed by atoms with E-state index in [2.05, 4.69) is 29.7 Å². The Morgan fingerprint density at radius 2 is 2.27 bits per heavy atom. The van der Waals surface area contributed by atoms with Crippen LogP contribution in [0.15, 0.2) is 23.3 Å². The lowest BCUT2D eigenvalue weighted by Gasteiger charge is -2.12. The summed E-state index contributed by atoms with van der Waals surface area (Å²) in [4.78, 5) is 0. The van der Waals surface area contributed by atoms with Crippen LogP contribution in [0.5, 0.6) is 11.5 Å². The van der Waals surface area contributed by atoms with Crippen LogP contribution in [-0.2, 0) is 4.74 Å². The van der Waals surface area contributed by atoms with E-state index in [0.29, 0.717) is 29.9 Å². The van der Waals surface area contributed by atoms with Crippen LogP contribution in [-0.4, -0.2) is 44.3 Å². The van der Waals surface area contributed by atoms with Crippen LogP contribution in [0.2, 0.25) is 0 Å². The normalized spacial score (nSPS) is 16.8. The van der Waals surface area contributed by atoms with Gasteiger partial charge in [-0.1, -0.05) is 13.8 Å². The van der Waals surface area contributed by atoms with Gasteiger partial charge in [0.25, 0.3) is 0 Å². The van der Waals surface area contributed by atoms with Crippen molar-refractivity contribution in [2.24, 2.45) is 11.0 Å². The Labute approximate surface area is 161 Å². The molecule has 6 nitrogen and oxygen atoms in total. The Kier molecular flexibility index (Phi) is 8.64. The van der Waals surface area contributed by atoms with Crippen molar-refractivity contribution in [1.82, 2.24) is 10.7 Å². The minimum absolute atomic E-state index is 0.242. The fourth-order valence-electron chi connectivity index (χ4n) is 2.51. The Hall–Kier alpha value is -1.86. The summed E-state index contributed by atoms with van der Waals surface area (Å²) in [6.45, 7) is 6.56. The molecule has 1 fully saturated rings. The Bertz CT molecular complexity index is 602. The summed E-state index contributed by atoms with van der Waals surface area (Å²) in [6.07, 6.45) is 5.13. The molecule has 0 bridgehead atoms. The van der Waals surface area contributed by atoms with Crippen molar-refractivity contribution in [3.8, 4) is 11.5 Å².